The summed E-state index contributed by atoms with van der Waals surface area (Å²) in [7, 11) is -2.01. The van der Waals surface area contributed by atoms with Crippen LogP contribution in [0.4, 0.5) is 5.69 Å². The largest absolute Gasteiger partial charge is 0.451 e. The van der Waals surface area contributed by atoms with Crippen LogP contribution in [0.2, 0.25) is 5.02 Å². The van der Waals surface area contributed by atoms with Crippen molar-refractivity contribution in [2.45, 2.75) is 18.4 Å². The lowest BCUT2D eigenvalue weighted by atomic mass is 10.2. The molecule has 0 radical (unpaired) electrons. The lowest BCUT2D eigenvalue weighted by Gasteiger charge is -2.09. The summed E-state index contributed by atoms with van der Waals surface area (Å²) >= 11 is 9.03. The number of rotatable bonds is 5. The number of sulfonamides is 1. The van der Waals surface area contributed by atoms with Crippen LogP contribution in [0.15, 0.2) is 38.2 Å². The van der Waals surface area contributed by atoms with Crippen molar-refractivity contribution in [3.05, 3.63) is 45.3 Å². The van der Waals surface area contributed by atoms with E-state index in [9.17, 15) is 8.42 Å². The fourth-order valence-corrected chi connectivity index (χ4v) is 4.04. The molecule has 2 N–H and O–H groups in total. The highest BCUT2D eigenvalue weighted by Gasteiger charge is 2.23. The fourth-order valence-electron chi connectivity index (χ4n) is 1.75. The van der Waals surface area contributed by atoms with Crippen molar-refractivity contribution in [1.82, 2.24) is 5.32 Å². The van der Waals surface area contributed by atoms with Gasteiger partial charge in [-0.1, -0.05) is 17.7 Å². The summed E-state index contributed by atoms with van der Waals surface area (Å²) in [5, 5.41) is 3.35. The Morgan fingerprint density at radius 3 is 2.71 bits per heavy atom. The van der Waals surface area contributed by atoms with E-state index >= 15 is 0 Å². The van der Waals surface area contributed by atoms with Gasteiger partial charge in [-0.05, 0) is 47.6 Å². The average Bonchev–Trinajstić information content (AvgIpc) is 2.76. The molecule has 0 amide bonds. The van der Waals surface area contributed by atoms with Crippen LogP contribution in [-0.4, -0.2) is 15.5 Å². The monoisotopic (exact) mass is 392 g/mol. The molecule has 0 atom stereocenters. The molecule has 0 aliphatic rings. The Labute approximate surface area is 136 Å². The molecule has 2 rings (SSSR count). The van der Waals surface area contributed by atoms with Crippen LogP contribution in [0.5, 0.6) is 0 Å². The Hall–Kier alpha value is -1.02. The number of hydrogen-bond acceptors (Lipinski definition) is 4. The molecule has 0 aliphatic carbocycles. The van der Waals surface area contributed by atoms with E-state index in [1.54, 1.807) is 32.2 Å². The SMILES string of the molecule is CNCc1cc(S(=O)(=O)Nc2cc(Cl)ccc2C)c(Br)o1. The van der Waals surface area contributed by atoms with E-state index in [2.05, 4.69) is 26.0 Å². The normalized spacial score (nSPS) is 11.6. The lowest BCUT2D eigenvalue weighted by Crippen LogP contribution is -2.13. The molecule has 0 fully saturated rings. The van der Waals surface area contributed by atoms with Crippen molar-refractivity contribution in [3.63, 3.8) is 0 Å². The quantitative estimate of drug-likeness (QED) is 0.815. The summed E-state index contributed by atoms with van der Waals surface area (Å²) in [5.41, 5.74) is 1.21. The van der Waals surface area contributed by atoms with Crippen molar-refractivity contribution in [2.24, 2.45) is 0 Å². The topological polar surface area (TPSA) is 71.3 Å². The molecule has 2 aromatic rings. The molecular formula is C13H14BrClN2O3S. The average molecular weight is 394 g/mol. The van der Waals surface area contributed by atoms with E-state index in [1.165, 1.54) is 6.07 Å². The number of benzene rings is 1. The molecule has 1 aromatic heterocycles. The minimum Gasteiger partial charge on any atom is -0.451 e. The van der Waals surface area contributed by atoms with E-state index in [4.69, 9.17) is 16.0 Å². The van der Waals surface area contributed by atoms with Gasteiger partial charge in [0, 0.05) is 11.1 Å². The van der Waals surface area contributed by atoms with Gasteiger partial charge < -0.3 is 9.73 Å². The standard InChI is InChI=1S/C13H14BrClN2O3S/c1-8-3-4-9(15)5-11(8)17-21(18,19)12-6-10(7-16-2)20-13(12)14/h3-6,16-17H,7H2,1-2H3. The molecule has 0 bridgehead atoms. The first-order valence-electron chi connectivity index (χ1n) is 6.05. The molecule has 0 saturated carbocycles. The third-order valence-electron chi connectivity index (χ3n) is 2.79. The van der Waals surface area contributed by atoms with Gasteiger partial charge in [0.25, 0.3) is 10.0 Å². The minimum absolute atomic E-state index is 0.0483. The molecule has 1 aromatic carbocycles. The number of nitrogens with one attached hydrogen (secondary N) is 2. The molecule has 0 spiro atoms. The van der Waals surface area contributed by atoms with E-state index < -0.39 is 10.0 Å². The van der Waals surface area contributed by atoms with E-state index in [-0.39, 0.29) is 9.56 Å². The van der Waals surface area contributed by atoms with E-state index in [1.807, 2.05) is 0 Å². The van der Waals surface area contributed by atoms with Gasteiger partial charge in [-0.15, -0.1) is 0 Å². The summed E-state index contributed by atoms with van der Waals surface area (Å²) in [6, 6.07) is 6.49. The first-order chi connectivity index (χ1) is 9.83. The molecule has 0 unspecified atom stereocenters. The summed E-state index contributed by atoms with van der Waals surface area (Å²) in [5.74, 6) is 0.521. The highest BCUT2D eigenvalue weighted by Crippen LogP contribution is 2.29. The Morgan fingerprint density at radius 2 is 2.05 bits per heavy atom. The summed E-state index contributed by atoms with van der Waals surface area (Å²) in [6.45, 7) is 2.23. The van der Waals surface area contributed by atoms with Crippen molar-refractivity contribution in [3.8, 4) is 0 Å². The summed E-state index contributed by atoms with van der Waals surface area (Å²) < 4.78 is 32.9. The predicted octanol–water partition coefficient (Wildman–Crippen LogP) is 3.52. The molecule has 0 saturated heterocycles. The molecular weight excluding hydrogens is 380 g/mol. The first-order valence-corrected chi connectivity index (χ1v) is 8.70. The second-order valence-corrected chi connectivity index (χ2v) is 7.25. The molecule has 0 aliphatic heterocycles. The van der Waals surface area contributed by atoms with E-state index in [0.29, 0.717) is 23.0 Å². The predicted molar refractivity (Wildman–Crippen MR) is 86.2 cm³/mol. The van der Waals surface area contributed by atoms with Crippen LogP contribution in [-0.2, 0) is 16.6 Å². The van der Waals surface area contributed by atoms with Crippen LogP contribution < -0.4 is 10.0 Å². The maximum atomic E-state index is 12.4. The van der Waals surface area contributed by atoms with Crippen LogP contribution in [0.3, 0.4) is 0 Å². The van der Waals surface area contributed by atoms with Crippen LogP contribution in [0, 0.1) is 6.92 Å². The Morgan fingerprint density at radius 1 is 1.33 bits per heavy atom. The maximum absolute atomic E-state index is 12.4. The smallest absolute Gasteiger partial charge is 0.266 e. The number of hydrogen-bond donors (Lipinski definition) is 2. The molecule has 114 valence electrons. The zero-order valence-corrected chi connectivity index (χ0v) is 14.6. The highest BCUT2D eigenvalue weighted by molar-refractivity contribution is 9.10. The van der Waals surface area contributed by atoms with Crippen molar-refractivity contribution in [2.75, 3.05) is 11.8 Å². The van der Waals surface area contributed by atoms with Crippen LogP contribution >= 0.6 is 27.5 Å². The van der Waals surface area contributed by atoms with E-state index in [0.717, 1.165) is 5.56 Å². The zero-order chi connectivity index (χ0) is 15.6. The van der Waals surface area contributed by atoms with Gasteiger partial charge in [-0.2, -0.15) is 0 Å². The molecule has 21 heavy (non-hydrogen) atoms. The Balaban J connectivity index is 2.36. The van der Waals surface area contributed by atoms with Gasteiger partial charge in [0.15, 0.2) is 4.67 Å². The van der Waals surface area contributed by atoms with Gasteiger partial charge in [-0.3, -0.25) is 4.72 Å². The third-order valence-corrected chi connectivity index (χ3v) is 5.25. The fraction of sp³-hybridized carbons (Fsp3) is 0.231. The second-order valence-electron chi connectivity index (χ2n) is 4.45. The maximum Gasteiger partial charge on any atom is 0.266 e. The number of halogens is 2. The highest BCUT2D eigenvalue weighted by atomic mass is 79.9. The molecule has 8 heteroatoms. The summed E-state index contributed by atoms with van der Waals surface area (Å²) in [6.07, 6.45) is 0. The third kappa shape index (κ3) is 3.79. The number of aryl methyl sites for hydroxylation is 1. The number of anilines is 1. The van der Waals surface area contributed by atoms with Crippen molar-refractivity contribution >= 4 is 43.2 Å². The van der Waals surface area contributed by atoms with Crippen molar-refractivity contribution < 1.29 is 12.8 Å². The Bertz CT molecular complexity index is 759. The molecule has 5 nitrogen and oxygen atoms in total. The lowest BCUT2D eigenvalue weighted by molar-refractivity contribution is 0.470. The van der Waals surface area contributed by atoms with Gasteiger partial charge in [0.2, 0.25) is 0 Å². The summed E-state index contributed by atoms with van der Waals surface area (Å²) in [4.78, 5) is 0.0483. The number of furan rings is 1. The van der Waals surface area contributed by atoms with Crippen molar-refractivity contribution in [1.29, 1.82) is 0 Å². The van der Waals surface area contributed by atoms with Crippen LogP contribution in [0.1, 0.15) is 11.3 Å². The van der Waals surface area contributed by atoms with Crippen LogP contribution in [0.25, 0.3) is 0 Å². The van der Waals surface area contributed by atoms with Gasteiger partial charge in [0.05, 0.1) is 12.2 Å². The Kier molecular flexibility index (Phi) is 4.98. The first kappa shape index (κ1) is 16.4. The molecule has 1 heterocycles. The minimum atomic E-state index is -3.76. The van der Waals surface area contributed by atoms with Gasteiger partial charge in [-0.25, -0.2) is 8.42 Å². The van der Waals surface area contributed by atoms with Gasteiger partial charge in [0.1, 0.15) is 10.7 Å². The zero-order valence-electron chi connectivity index (χ0n) is 11.4. The second kappa shape index (κ2) is 6.39. The van der Waals surface area contributed by atoms with Gasteiger partial charge >= 0.3 is 0 Å².